The predicted molar refractivity (Wildman–Crippen MR) is 72.8 cm³/mol. The lowest BCUT2D eigenvalue weighted by Crippen LogP contribution is -2.22. The number of aromatic nitrogens is 2. The van der Waals surface area contributed by atoms with Crippen LogP contribution in [0.5, 0.6) is 0 Å². The molecule has 20 heavy (non-hydrogen) atoms. The quantitative estimate of drug-likeness (QED) is 0.793. The molecule has 0 unspecified atom stereocenters. The van der Waals surface area contributed by atoms with Crippen molar-refractivity contribution in [2.75, 3.05) is 0 Å². The first-order valence-corrected chi connectivity index (χ1v) is 6.19. The highest BCUT2D eigenvalue weighted by atomic mass is 19.1. The molecule has 0 saturated heterocycles. The van der Waals surface area contributed by atoms with Gasteiger partial charge < -0.3 is 5.32 Å². The molecule has 0 bridgehead atoms. The first kappa shape index (κ1) is 12.3. The normalized spacial score (nSPS) is 10.7. The second-order valence-corrected chi connectivity index (χ2v) is 4.39. The maximum atomic E-state index is 12.8. The molecule has 2 heterocycles. The third-order valence-electron chi connectivity index (χ3n) is 3.05. The van der Waals surface area contributed by atoms with E-state index in [2.05, 4.69) is 10.4 Å². The van der Waals surface area contributed by atoms with Crippen LogP contribution in [0.3, 0.4) is 0 Å². The highest BCUT2D eigenvalue weighted by molar-refractivity contribution is 5.94. The van der Waals surface area contributed by atoms with Crippen molar-refractivity contribution in [2.24, 2.45) is 0 Å². The summed E-state index contributed by atoms with van der Waals surface area (Å²) in [5.41, 5.74) is 2.32. The Bertz CT molecular complexity index is 749. The second-order valence-electron chi connectivity index (χ2n) is 4.39. The van der Waals surface area contributed by atoms with Crippen molar-refractivity contribution in [3.63, 3.8) is 0 Å². The van der Waals surface area contributed by atoms with Crippen LogP contribution >= 0.6 is 0 Å². The number of fused-ring (bicyclic) bond motifs is 1. The van der Waals surface area contributed by atoms with Gasteiger partial charge in [-0.25, -0.2) is 8.91 Å². The van der Waals surface area contributed by atoms with Gasteiger partial charge in [0.2, 0.25) is 0 Å². The molecule has 0 radical (unpaired) electrons. The summed E-state index contributed by atoms with van der Waals surface area (Å²) in [7, 11) is 0. The van der Waals surface area contributed by atoms with Crippen molar-refractivity contribution < 1.29 is 9.18 Å². The number of amides is 1. The molecule has 0 fully saturated rings. The Morgan fingerprint density at radius 2 is 2.00 bits per heavy atom. The Hall–Kier alpha value is -2.69. The zero-order valence-electron chi connectivity index (χ0n) is 10.6. The molecule has 0 aliphatic carbocycles. The predicted octanol–water partition coefficient (Wildman–Crippen LogP) is 2.40. The molecule has 0 saturated carbocycles. The molecule has 2 aromatic heterocycles. The lowest BCUT2D eigenvalue weighted by molar-refractivity contribution is 0.0951. The standard InChI is InChI=1S/C15H12FN3O/c16-13-6-4-11(5-7-13)15(20)17-9-12-10-18-19-8-2-1-3-14(12)19/h1-8,10H,9H2,(H,17,20). The summed E-state index contributed by atoms with van der Waals surface area (Å²) < 4.78 is 14.5. The minimum Gasteiger partial charge on any atom is -0.348 e. The maximum Gasteiger partial charge on any atom is 0.251 e. The Morgan fingerprint density at radius 3 is 2.80 bits per heavy atom. The lowest BCUT2D eigenvalue weighted by atomic mass is 10.2. The van der Waals surface area contributed by atoms with Crippen molar-refractivity contribution in [1.82, 2.24) is 14.9 Å². The second kappa shape index (κ2) is 5.13. The van der Waals surface area contributed by atoms with Crippen LogP contribution in [0.4, 0.5) is 4.39 Å². The minimum atomic E-state index is -0.357. The molecule has 0 atom stereocenters. The van der Waals surface area contributed by atoms with Crippen LogP contribution in [0.15, 0.2) is 54.9 Å². The molecule has 0 spiro atoms. The molecule has 100 valence electrons. The molecule has 1 aromatic carbocycles. The van der Waals surface area contributed by atoms with E-state index in [0.29, 0.717) is 12.1 Å². The van der Waals surface area contributed by atoms with Crippen LogP contribution in [0.25, 0.3) is 5.52 Å². The van der Waals surface area contributed by atoms with Gasteiger partial charge in [-0.2, -0.15) is 5.10 Å². The van der Waals surface area contributed by atoms with E-state index in [9.17, 15) is 9.18 Å². The number of hydrogen-bond donors (Lipinski definition) is 1. The van der Waals surface area contributed by atoms with E-state index in [1.807, 2.05) is 24.4 Å². The fourth-order valence-corrected chi connectivity index (χ4v) is 2.00. The van der Waals surface area contributed by atoms with Gasteiger partial charge in [-0.15, -0.1) is 0 Å². The third kappa shape index (κ3) is 2.38. The molecule has 3 aromatic rings. The van der Waals surface area contributed by atoms with Crippen molar-refractivity contribution in [1.29, 1.82) is 0 Å². The lowest BCUT2D eigenvalue weighted by Gasteiger charge is -2.04. The maximum absolute atomic E-state index is 12.8. The van der Waals surface area contributed by atoms with E-state index >= 15 is 0 Å². The van der Waals surface area contributed by atoms with Crippen LogP contribution in [0, 0.1) is 5.82 Å². The molecule has 3 rings (SSSR count). The van der Waals surface area contributed by atoms with Crippen LogP contribution in [0.1, 0.15) is 15.9 Å². The van der Waals surface area contributed by atoms with E-state index in [4.69, 9.17) is 0 Å². The van der Waals surface area contributed by atoms with Gasteiger partial charge >= 0.3 is 0 Å². The van der Waals surface area contributed by atoms with Crippen molar-refractivity contribution in [3.8, 4) is 0 Å². The molecule has 1 N–H and O–H groups in total. The number of rotatable bonds is 3. The fourth-order valence-electron chi connectivity index (χ4n) is 2.00. The molecule has 1 amide bonds. The van der Waals surface area contributed by atoms with Crippen molar-refractivity contribution in [3.05, 3.63) is 71.8 Å². The van der Waals surface area contributed by atoms with Gasteiger partial charge in [0.05, 0.1) is 11.7 Å². The number of carbonyl (C=O) groups is 1. The van der Waals surface area contributed by atoms with Gasteiger partial charge in [0.25, 0.3) is 5.91 Å². The molecular weight excluding hydrogens is 257 g/mol. The first-order valence-electron chi connectivity index (χ1n) is 6.19. The number of pyridine rings is 1. The van der Waals surface area contributed by atoms with E-state index in [1.165, 1.54) is 24.3 Å². The first-order chi connectivity index (χ1) is 9.74. The van der Waals surface area contributed by atoms with Crippen LogP contribution in [-0.2, 0) is 6.54 Å². The van der Waals surface area contributed by atoms with Gasteiger partial charge in [-0.1, -0.05) is 6.07 Å². The molecular formula is C15H12FN3O. The molecule has 0 aliphatic rings. The number of hydrogen-bond acceptors (Lipinski definition) is 2. The molecule has 4 nitrogen and oxygen atoms in total. The highest BCUT2D eigenvalue weighted by Crippen LogP contribution is 2.10. The average molecular weight is 269 g/mol. The van der Waals surface area contributed by atoms with Crippen LogP contribution in [-0.4, -0.2) is 15.5 Å². The Labute approximate surface area is 114 Å². The molecule has 5 heteroatoms. The zero-order chi connectivity index (χ0) is 13.9. The van der Waals surface area contributed by atoms with Gasteiger partial charge in [0, 0.05) is 23.9 Å². The number of nitrogens with zero attached hydrogens (tertiary/aromatic N) is 2. The van der Waals surface area contributed by atoms with Crippen molar-refractivity contribution in [2.45, 2.75) is 6.54 Å². The topological polar surface area (TPSA) is 46.4 Å². The smallest absolute Gasteiger partial charge is 0.251 e. The summed E-state index contributed by atoms with van der Waals surface area (Å²) >= 11 is 0. The number of halogens is 1. The third-order valence-corrected chi connectivity index (χ3v) is 3.05. The fraction of sp³-hybridized carbons (Fsp3) is 0.0667. The van der Waals surface area contributed by atoms with E-state index in [1.54, 1.807) is 10.7 Å². The summed E-state index contributed by atoms with van der Waals surface area (Å²) in [4.78, 5) is 11.9. The minimum absolute atomic E-state index is 0.236. The summed E-state index contributed by atoms with van der Waals surface area (Å²) in [5.74, 6) is -0.593. The average Bonchev–Trinajstić information content (AvgIpc) is 2.89. The number of nitrogens with one attached hydrogen (secondary N) is 1. The summed E-state index contributed by atoms with van der Waals surface area (Å²) in [5, 5.41) is 6.99. The monoisotopic (exact) mass is 269 g/mol. The largest absolute Gasteiger partial charge is 0.348 e. The summed E-state index contributed by atoms with van der Waals surface area (Å²) in [6, 6.07) is 11.2. The van der Waals surface area contributed by atoms with Crippen LogP contribution in [0.2, 0.25) is 0 Å². The number of benzene rings is 1. The van der Waals surface area contributed by atoms with E-state index in [0.717, 1.165) is 11.1 Å². The van der Waals surface area contributed by atoms with E-state index in [-0.39, 0.29) is 11.7 Å². The Morgan fingerprint density at radius 1 is 1.20 bits per heavy atom. The Kier molecular flexibility index (Phi) is 3.16. The van der Waals surface area contributed by atoms with Gasteiger partial charge in [-0.05, 0) is 36.4 Å². The summed E-state index contributed by atoms with van der Waals surface area (Å²) in [6.07, 6.45) is 3.57. The van der Waals surface area contributed by atoms with Gasteiger partial charge in [-0.3, -0.25) is 4.79 Å². The summed E-state index contributed by atoms with van der Waals surface area (Å²) in [6.45, 7) is 0.379. The molecule has 0 aliphatic heterocycles. The van der Waals surface area contributed by atoms with E-state index < -0.39 is 0 Å². The van der Waals surface area contributed by atoms with Gasteiger partial charge in [0.15, 0.2) is 0 Å². The highest BCUT2D eigenvalue weighted by Gasteiger charge is 2.07. The SMILES string of the molecule is O=C(NCc1cnn2ccccc12)c1ccc(F)cc1. The van der Waals surface area contributed by atoms with Crippen LogP contribution < -0.4 is 5.32 Å². The zero-order valence-corrected chi connectivity index (χ0v) is 10.6. The van der Waals surface area contributed by atoms with Gasteiger partial charge in [0.1, 0.15) is 5.82 Å². The number of carbonyl (C=O) groups excluding carboxylic acids is 1. The van der Waals surface area contributed by atoms with Crippen molar-refractivity contribution >= 4 is 11.4 Å². The Balaban J connectivity index is 1.73.